The number of nitrogens with two attached hydrogens (primary N) is 1. The summed E-state index contributed by atoms with van der Waals surface area (Å²) in [7, 11) is -3.69. The van der Waals surface area contributed by atoms with Crippen LogP contribution in [0.2, 0.25) is 0 Å². The van der Waals surface area contributed by atoms with Crippen molar-refractivity contribution in [3.05, 3.63) is 59.7 Å². The summed E-state index contributed by atoms with van der Waals surface area (Å²) in [5.41, 5.74) is 6.86. The molecule has 3 N–H and O–H groups in total. The maximum absolute atomic E-state index is 12.3. The molecule has 5 nitrogen and oxygen atoms in total. The zero-order valence-electron chi connectivity index (χ0n) is 11.5. The molecule has 2 rings (SSSR count). The highest BCUT2D eigenvalue weighted by molar-refractivity contribution is 7.92. The van der Waals surface area contributed by atoms with E-state index in [1.807, 2.05) is 19.1 Å². The maximum atomic E-state index is 12.3. The fourth-order valence-electron chi connectivity index (χ4n) is 1.93. The van der Waals surface area contributed by atoms with Crippen LogP contribution in [0.25, 0.3) is 0 Å². The van der Waals surface area contributed by atoms with Gasteiger partial charge in [0.15, 0.2) is 0 Å². The van der Waals surface area contributed by atoms with Gasteiger partial charge in [-0.25, -0.2) is 8.42 Å². The molecule has 0 aliphatic carbocycles. The van der Waals surface area contributed by atoms with Crippen molar-refractivity contribution in [3.8, 4) is 0 Å². The highest BCUT2D eigenvalue weighted by atomic mass is 32.2. The van der Waals surface area contributed by atoms with Crippen LogP contribution < -0.4 is 10.5 Å². The molecule has 0 unspecified atom stereocenters. The van der Waals surface area contributed by atoms with Crippen molar-refractivity contribution < 1.29 is 13.2 Å². The second kappa shape index (κ2) is 5.97. The Morgan fingerprint density at radius 3 is 2.29 bits per heavy atom. The van der Waals surface area contributed by atoms with Gasteiger partial charge >= 0.3 is 0 Å². The summed E-state index contributed by atoms with van der Waals surface area (Å²) in [6, 6.07) is 12.7. The van der Waals surface area contributed by atoms with Crippen LogP contribution in [0.5, 0.6) is 0 Å². The lowest BCUT2D eigenvalue weighted by Crippen LogP contribution is -2.15. The molecule has 0 radical (unpaired) electrons. The minimum absolute atomic E-state index is 0.0819. The van der Waals surface area contributed by atoms with Gasteiger partial charge in [-0.2, -0.15) is 0 Å². The number of aryl methyl sites for hydroxylation is 1. The first kappa shape index (κ1) is 15.1. The minimum Gasteiger partial charge on any atom is -0.366 e. The molecule has 0 heterocycles. The predicted molar refractivity (Wildman–Crippen MR) is 81.6 cm³/mol. The SMILES string of the molecule is CCc1ccccc1NS(=O)(=O)c1ccc(C(N)=O)cc1. The summed E-state index contributed by atoms with van der Waals surface area (Å²) in [5.74, 6) is -0.594. The number of primary amides is 1. The third-order valence-corrected chi connectivity index (χ3v) is 4.47. The van der Waals surface area contributed by atoms with E-state index >= 15 is 0 Å². The van der Waals surface area contributed by atoms with Gasteiger partial charge in [0.25, 0.3) is 10.0 Å². The van der Waals surface area contributed by atoms with Crippen molar-refractivity contribution in [2.45, 2.75) is 18.2 Å². The summed E-state index contributed by atoms with van der Waals surface area (Å²) in [4.78, 5) is 11.1. The largest absolute Gasteiger partial charge is 0.366 e. The number of carbonyl (C=O) groups is 1. The van der Waals surface area contributed by atoms with E-state index in [4.69, 9.17) is 5.73 Å². The first-order valence-electron chi connectivity index (χ1n) is 6.44. The Labute approximate surface area is 123 Å². The van der Waals surface area contributed by atoms with Crippen LogP contribution in [0.4, 0.5) is 5.69 Å². The molecular formula is C15H16N2O3S. The molecule has 0 bridgehead atoms. The summed E-state index contributed by atoms with van der Waals surface area (Å²) in [5, 5.41) is 0. The molecule has 21 heavy (non-hydrogen) atoms. The number of benzene rings is 2. The molecule has 6 heteroatoms. The molecule has 110 valence electrons. The fourth-order valence-corrected chi connectivity index (χ4v) is 3.03. The summed E-state index contributed by atoms with van der Waals surface area (Å²) in [6.07, 6.45) is 0.722. The van der Waals surface area contributed by atoms with Crippen molar-refractivity contribution in [3.63, 3.8) is 0 Å². The first-order chi connectivity index (χ1) is 9.94. The van der Waals surface area contributed by atoms with Gasteiger partial charge < -0.3 is 5.73 Å². The van der Waals surface area contributed by atoms with Crippen molar-refractivity contribution in [1.29, 1.82) is 0 Å². The first-order valence-corrected chi connectivity index (χ1v) is 7.93. The van der Waals surface area contributed by atoms with Crippen molar-refractivity contribution >= 4 is 21.6 Å². The highest BCUT2D eigenvalue weighted by Crippen LogP contribution is 2.20. The molecule has 0 saturated carbocycles. The second-order valence-electron chi connectivity index (χ2n) is 4.50. The zero-order chi connectivity index (χ0) is 15.5. The van der Waals surface area contributed by atoms with E-state index < -0.39 is 15.9 Å². The molecule has 0 atom stereocenters. The molecule has 0 saturated heterocycles. The third kappa shape index (κ3) is 3.41. The molecule has 0 spiro atoms. The van der Waals surface area contributed by atoms with Crippen LogP contribution in [-0.4, -0.2) is 14.3 Å². The lowest BCUT2D eigenvalue weighted by Gasteiger charge is -2.11. The summed E-state index contributed by atoms with van der Waals surface area (Å²) < 4.78 is 27.2. The lowest BCUT2D eigenvalue weighted by atomic mass is 10.1. The summed E-state index contributed by atoms with van der Waals surface area (Å²) in [6.45, 7) is 1.95. The number of anilines is 1. The van der Waals surface area contributed by atoms with Gasteiger partial charge in [-0.3, -0.25) is 9.52 Å². The zero-order valence-corrected chi connectivity index (χ0v) is 12.4. The quantitative estimate of drug-likeness (QED) is 0.887. The Morgan fingerprint density at radius 1 is 1.10 bits per heavy atom. The number of nitrogens with one attached hydrogen (secondary N) is 1. The van der Waals surface area contributed by atoms with Crippen LogP contribution >= 0.6 is 0 Å². The number of rotatable bonds is 5. The Hall–Kier alpha value is -2.34. The Morgan fingerprint density at radius 2 is 1.71 bits per heavy atom. The van der Waals surface area contributed by atoms with Gasteiger partial charge in [-0.1, -0.05) is 25.1 Å². The van der Waals surface area contributed by atoms with Crippen LogP contribution in [0, 0.1) is 0 Å². The number of para-hydroxylation sites is 1. The van der Waals surface area contributed by atoms with Gasteiger partial charge in [0.2, 0.25) is 5.91 Å². The number of carbonyl (C=O) groups excluding carboxylic acids is 1. The van der Waals surface area contributed by atoms with E-state index in [0.717, 1.165) is 12.0 Å². The molecular weight excluding hydrogens is 288 g/mol. The maximum Gasteiger partial charge on any atom is 0.261 e. The van der Waals surface area contributed by atoms with Gasteiger partial charge in [0, 0.05) is 5.56 Å². The Kier molecular flexibility index (Phi) is 4.28. The molecule has 0 aliphatic heterocycles. The van der Waals surface area contributed by atoms with Crippen molar-refractivity contribution in [2.24, 2.45) is 5.73 Å². The van der Waals surface area contributed by atoms with E-state index in [1.54, 1.807) is 12.1 Å². The number of hydrogen-bond donors (Lipinski definition) is 2. The van der Waals surface area contributed by atoms with Gasteiger partial charge in [0.05, 0.1) is 10.6 Å². The average Bonchev–Trinajstić information content (AvgIpc) is 2.47. The van der Waals surface area contributed by atoms with Crippen molar-refractivity contribution in [1.82, 2.24) is 0 Å². The number of amides is 1. The van der Waals surface area contributed by atoms with Crippen LogP contribution in [0.3, 0.4) is 0 Å². The Balaban J connectivity index is 2.32. The molecule has 0 aliphatic rings. The van der Waals surface area contributed by atoms with E-state index in [-0.39, 0.29) is 10.5 Å². The van der Waals surface area contributed by atoms with E-state index in [2.05, 4.69) is 4.72 Å². The van der Waals surface area contributed by atoms with Crippen LogP contribution in [0.15, 0.2) is 53.4 Å². The third-order valence-electron chi connectivity index (χ3n) is 3.09. The van der Waals surface area contributed by atoms with Gasteiger partial charge in [0.1, 0.15) is 0 Å². The molecule has 0 aromatic heterocycles. The predicted octanol–water partition coefficient (Wildman–Crippen LogP) is 2.15. The lowest BCUT2D eigenvalue weighted by molar-refractivity contribution is 0.1000. The highest BCUT2D eigenvalue weighted by Gasteiger charge is 2.15. The fraction of sp³-hybridized carbons (Fsp3) is 0.133. The van der Waals surface area contributed by atoms with E-state index in [1.165, 1.54) is 24.3 Å². The van der Waals surface area contributed by atoms with E-state index in [9.17, 15) is 13.2 Å². The molecule has 1 amide bonds. The van der Waals surface area contributed by atoms with Crippen LogP contribution in [-0.2, 0) is 16.4 Å². The Bertz CT molecular complexity index is 753. The molecule has 0 fully saturated rings. The number of hydrogen-bond acceptors (Lipinski definition) is 3. The van der Waals surface area contributed by atoms with E-state index in [0.29, 0.717) is 5.69 Å². The smallest absolute Gasteiger partial charge is 0.261 e. The second-order valence-corrected chi connectivity index (χ2v) is 6.19. The summed E-state index contributed by atoms with van der Waals surface area (Å²) >= 11 is 0. The number of sulfonamides is 1. The topological polar surface area (TPSA) is 89.3 Å². The normalized spacial score (nSPS) is 11.1. The van der Waals surface area contributed by atoms with Crippen molar-refractivity contribution in [2.75, 3.05) is 4.72 Å². The minimum atomic E-state index is -3.69. The monoisotopic (exact) mass is 304 g/mol. The molecule has 2 aromatic rings. The van der Waals surface area contributed by atoms with Crippen LogP contribution in [0.1, 0.15) is 22.8 Å². The van der Waals surface area contributed by atoms with Gasteiger partial charge in [-0.05, 0) is 42.3 Å². The average molecular weight is 304 g/mol. The standard InChI is InChI=1S/C15H16N2O3S/c1-2-11-5-3-4-6-14(11)17-21(19,20)13-9-7-12(8-10-13)15(16)18/h3-10,17H,2H2,1H3,(H2,16,18). The molecule has 2 aromatic carbocycles. The van der Waals surface area contributed by atoms with Gasteiger partial charge in [-0.15, -0.1) is 0 Å².